The van der Waals surface area contributed by atoms with E-state index in [0.29, 0.717) is 17.7 Å². The molecule has 0 spiro atoms. The van der Waals surface area contributed by atoms with Crippen molar-refractivity contribution in [3.05, 3.63) is 100 Å². The summed E-state index contributed by atoms with van der Waals surface area (Å²) in [4.78, 5) is 15.2. The van der Waals surface area contributed by atoms with Crippen molar-refractivity contribution in [1.29, 1.82) is 0 Å². The van der Waals surface area contributed by atoms with Crippen LogP contribution in [0, 0.1) is 12.7 Å². The molecule has 0 amide bonds. The van der Waals surface area contributed by atoms with Gasteiger partial charge in [0, 0.05) is 25.8 Å². The highest BCUT2D eigenvalue weighted by atomic mass is 32.2. The van der Waals surface area contributed by atoms with Crippen LogP contribution in [0.1, 0.15) is 30.4 Å². The fourth-order valence-corrected chi connectivity index (χ4v) is 6.08. The first kappa shape index (κ1) is 23.3. The second-order valence-corrected chi connectivity index (χ2v) is 11.0. The van der Waals surface area contributed by atoms with Gasteiger partial charge in [-0.25, -0.2) is 12.8 Å². The molecule has 0 atom stereocenters. The van der Waals surface area contributed by atoms with Crippen LogP contribution in [0.25, 0.3) is 10.9 Å². The Bertz CT molecular complexity index is 1540. The number of aromatic nitrogens is 1. The summed E-state index contributed by atoms with van der Waals surface area (Å²) in [6.07, 6.45) is 4.50. The van der Waals surface area contributed by atoms with E-state index in [9.17, 15) is 13.2 Å². The monoisotopic (exact) mass is 490 g/mol. The quantitative estimate of drug-likeness (QED) is 0.380. The number of halogens is 1. The Morgan fingerprint density at radius 1 is 0.914 bits per heavy atom. The predicted octanol–water partition coefficient (Wildman–Crippen LogP) is 5.32. The number of hydrogen-bond donors (Lipinski definition) is 0. The molecule has 1 aliphatic heterocycles. The smallest absolute Gasteiger partial charge is 0.211 e. The van der Waals surface area contributed by atoms with E-state index >= 15 is 4.39 Å². The molecular formula is C28H27FN2O3S. The lowest BCUT2D eigenvalue weighted by Crippen LogP contribution is -2.30. The molecule has 5 rings (SSSR count). The van der Waals surface area contributed by atoms with Gasteiger partial charge in [0.15, 0.2) is 0 Å². The molecule has 1 saturated heterocycles. The number of fused-ring (bicyclic) bond motifs is 1. The van der Waals surface area contributed by atoms with Crippen molar-refractivity contribution in [2.24, 2.45) is 0 Å². The van der Waals surface area contributed by atoms with Crippen LogP contribution in [-0.4, -0.2) is 26.1 Å². The minimum absolute atomic E-state index is 0.0312. The highest BCUT2D eigenvalue weighted by Gasteiger charge is 2.25. The molecule has 5 nitrogen and oxygen atoms in total. The van der Waals surface area contributed by atoms with Gasteiger partial charge in [-0.1, -0.05) is 48.0 Å². The van der Waals surface area contributed by atoms with E-state index in [1.807, 2.05) is 36.1 Å². The summed E-state index contributed by atoms with van der Waals surface area (Å²) in [6, 6.07) is 18.7. The third kappa shape index (κ3) is 4.48. The number of aryl methyl sites for hydroxylation is 1. The lowest BCUT2D eigenvalue weighted by Gasteiger charge is -2.29. The normalized spacial score (nSPS) is 14.4. The molecule has 0 N–H and O–H groups in total. The second kappa shape index (κ2) is 9.30. The number of piperidine rings is 1. The van der Waals surface area contributed by atoms with Crippen LogP contribution in [0.3, 0.4) is 0 Å². The maximum Gasteiger partial charge on any atom is 0.211 e. The van der Waals surface area contributed by atoms with Gasteiger partial charge in [0.2, 0.25) is 15.3 Å². The minimum atomic E-state index is -4.09. The molecule has 1 aromatic heterocycles. The van der Waals surface area contributed by atoms with Crippen LogP contribution in [0.2, 0.25) is 0 Å². The molecule has 0 aliphatic carbocycles. The van der Waals surface area contributed by atoms with E-state index in [1.165, 1.54) is 24.4 Å². The average Bonchev–Trinajstić information content (AvgIpc) is 2.88. The van der Waals surface area contributed by atoms with Crippen molar-refractivity contribution in [2.45, 2.75) is 42.5 Å². The number of sulfone groups is 1. The molecule has 1 fully saturated rings. The number of nitrogens with zero attached hydrogens (tertiary/aromatic N) is 2. The summed E-state index contributed by atoms with van der Waals surface area (Å²) < 4.78 is 43.9. The Labute approximate surface area is 204 Å². The summed E-state index contributed by atoms with van der Waals surface area (Å²) in [5.41, 5.74) is 2.35. The van der Waals surface area contributed by atoms with E-state index in [1.54, 1.807) is 28.8 Å². The van der Waals surface area contributed by atoms with E-state index < -0.39 is 21.1 Å². The van der Waals surface area contributed by atoms with Gasteiger partial charge in [0.25, 0.3) is 0 Å². The first-order valence-corrected chi connectivity index (χ1v) is 13.3. The van der Waals surface area contributed by atoms with Gasteiger partial charge in [0.1, 0.15) is 10.7 Å². The van der Waals surface area contributed by atoms with Crippen molar-refractivity contribution in [1.82, 2.24) is 4.57 Å². The Balaban J connectivity index is 1.74. The molecule has 35 heavy (non-hydrogen) atoms. The van der Waals surface area contributed by atoms with Gasteiger partial charge in [-0.15, -0.1) is 0 Å². The number of rotatable bonds is 5. The molecule has 0 saturated carbocycles. The van der Waals surface area contributed by atoms with E-state index in [-0.39, 0.29) is 15.2 Å². The molecule has 1 aliphatic rings. The molecular weight excluding hydrogens is 463 g/mol. The molecule has 7 heteroatoms. The summed E-state index contributed by atoms with van der Waals surface area (Å²) >= 11 is 0. The van der Waals surface area contributed by atoms with Crippen LogP contribution in [-0.2, 0) is 16.4 Å². The number of anilines is 1. The lowest BCUT2D eigenvalue weighted by atomic mass is 10.1. The molecule has 2 heterocycles. The van der Waals surface area contributed by atoms with Gasteiger partial charge in [0.05, 0.1) is 21.5 Å². The zero-order chi connectivity index (χ0) is 24.6. The van der Waals surface area contributed by atoms with E-state index in [0.717, 1.165) is 43.5 Å². The van der Waals surface area contributed by atoms with Crippen LogP contribution in [0.15, 0.2) is 87.5 Å². The van der Waals surface area contributed by atoms with Crippen LogP contribution < -0.4 is 10.3 Å². The molecule has 4 aromatic rings. The van der Waals surface area contributed by atoms with Gasteiger partial charge >= 0.3 is 0 Å². The number of hydrogen-bond acceptors (Lipinski definition) is 4. The summed E-state index contributed by atoms with van der Waals surface area (Å²) in [7, 11) is -4.09. The Morgan fingerprint density at radius 3 is 2.29 bits per heavy atom. The highest BCUT2D eigenvalue weighted by molar-refractivity contribution is 7.91. The maximum absolute atomic E-state index is 15.3. The zero-order valence-electron chi connectivity index (χ0n) is 19.6. The molecule has 0 unspecified atom stereocenters. The van der Waals surface area contributed by atoms with Crippen molar-refractivity contribution >= 4 is 26.4 Å². The van der Waals surface area contributed by atoms with Crippen LogP contribution >= 0.6 is 0 Å². The number of pyridine rings is 1. The average molecular weight is 491 g/mol. The second-order valence-electron chi connectivity index (χ2n) is 9.12. The van der Waals surface area contributed by atoms with Crippen LogP contribution in [0.5, 0.6) is 0 Å². The topological polar surface area (TPSA) is 59.4 Å². The fourth-order valence-electron chi connectivity index (χ4n) is 4.69. The SMILES string of the molecule is Cc1ccc(Cn2cc(S(=O)(=O)c3ccccc3)c(=O)c3cc(F)c(N4CCCCC4)cc32)cc1. The molecule has 0 radical (unpaired) electrons. The van der Waals surface area contributed by atoms with Gasteiger partial charge < -0.3 is 9.47 Å². The molecule has 3 aromatic carbocycles. The summed E-state index contributed by atoms with van der Waals surface area (Å²) in [5, 5.41) is 0.0624. The third-order valence-electron chi connectivity index (χ3n) is 6.63. The van der Waals surface area contributed by atoms with Crippen LogP contribution in [0.4, 0.5) is 10.1 Å². The van der Waals surface area contributed by atoms with Crippen molar-refractivity contribution in [3.63, 3.8) is 0 Å². The van der Waals surface area contributed by atoms with Crippen molar-refractivity contribution in [3.8, 4) is 0 Å². The highest BCUT2D eigenvalue weighted by Crippen LogP contribution is 2.29. The largest absolute Gasteiger partial charge is 0.369 e. The van der Waals surface area contributed by atoms with Gasteiger partial charge in [-0.3, -0.25) is 4.79 Å². The van der Waals surface area contributed by atoms with Crippen molar-refractivity contribution < 1.29 is 12.8 Å². The first-order valence-electron chi connectivity index (χ1n) is 11.8. The maximum atomic E-state index is 15.3. The lowest BCUT2D eigenvalue weighted by molar-refractivity contribution is 0.557. The summed E-state index contributed by atoms with van der Waals surface area (Å²) in [6.45, 7) is 3.85. The minimum Gasteiger partial charge on any atom is -0.369 e. The van der Waals surface area contributed by atoms with E-state index in [4.69, 9.17) is 0 Å². The molecule has 180 valence electrons. The standard InChI is InChI=1S/C28H27FN2O3S/c1-20-10-12-21(13-11-20)18-31-19-27(35(33,34)22-8-4-2-5-9-22)28(32)23-16-24(29)26(17-25(23)31)30-14-6-3-7-15-30/h2,4-5,8-13,16-17,19H,3,6-7,14-15,18H2,1H3. The third-order valence-corrected chi connectivity index (χ3v) is 8.39. The fraction of sp³-hybridized carbons (Fsp3) is 0.250. The van der Waals surface area contributed by atoms with Crippen molar-refractivity contribution in [2.75, 3.05) is 18.0 Å². The Hall–Kier alpha value is -3.45. The predicted molar refractivity (Wildman–Crippen MR) is 136 cm³/mol. The van der Waals surface area contributed by atoms with Gasteiger partial charge in [-0.05, 0) is 56.0 Å². The zero-order valence-corrected chi connectivity index (χ0v) is 20.4. The van der Waals surface area contributed by atoms with Gasteiger partial charge in [-0.2, -0.15) is 0 Å². The number of benzene rings is 3. The molecule has 0 bridgehead atoms. The van der Waals surface area contributed by atoms with E-state index in [2.05, 4.69) is 0 Å². The Morgan fingerprint density at radius 2 is 1.60 bits per heavy atom. The Kier molecular flexibility index (Phi) is 6.19. The summed E-state index contributed by atoms with van der Waals surface area (Å²) in [5.74, 6) is -0.507. The first-order chi connectivity index (χ1) is 16.8.